The maximum absolute atomic E-state index is 11.0. The second-order valence-corrected chi connectivity index (χ2v) is 3.08. The van der Waals surface area contributed by atoms with Crippen molar-refractivity contribution >= 4 is 12.3 Å². The maximum Gasteiger partial charge on any atom is 0.311 e. The third-order valence-corrected chi connectivity index (χ3v) is 1.63. The zero-order valence-electron chi connectivity index (χ0n) is 7.22. The molecule has 0 unspecified atom stereocenters. The van der Waals surface area contributed by atoms with Crippen molar-refractivity contribution in [1.29, 1.82) is 0 Å². The molecule has 0 rings (SSSR count). The Hall–Kier alpha value is -0.860. The van der Waals surface area contributed by atoms with Gasteiger partial charge in [-0.05, 0) is 20.3 Å². The summed E-state index contributed by atoms with van der Waals surface area (Å²) in [7, 11) is 1.35. The van der Waals surface area contributed by atoms with Gasteiger partial charge in [0.1, 0.15) is 6.29 Å². The highest BCUT2D eigenvalue weighted by Gasteiger charge is 2.27. The molecule has 0 fully saturated rings. The van der Waals surface area contributed by atoms with E-state index < -0.39 is 5.41 Å². The first-order valence-electron chi connectivity index (χ1n) is 3.56. The minimum absolute atomic E-state index is 0.264. The second kappa shape index (κ2) is 4.11. The van der Waals surface area contributed by atoms with Crippen molar-refractivity contribution in [2.45, 2.75) is 26.7 Å². The highest BCUT2D eigenvalue weighted by atomic mass is 16.5. The smallest absolute Gasteiger partial charge is 0.311 e. The molecular formula is C8H14O3. The first-order chi connectivity index (χ1) is 5.04. The molecule has 0 spiro atoms. The lowest BCUT2D eigenvalue weighted by molar-refractivity contribution is -0.151. The molecule has 0 aromatic heterocycles. The summed E-state index contributed by atoms with van der Waals surface area (Å²) in [5, 5.41) is 0. The lowest BCUT2D eigenvalue weighted by Gasteiger charge is -2.19. The van der Waals surface area contributed by atoms with E-state index in [2.05, 4.69) is 4.74 Å². The fraction of sp³-hybridized carbons (Fsp3) is 0.750. The van der Waals surface area contributed by atoms with Gasteiger partial charge in [-0.2, -0.15) is 0 Å². The van der Waals surface area contributed by atoms with Gasteiger partial charge in [0, 0.05) is 6.42 Å². The average molecular weight is 158 g/mol. The largest absolute Gasteiger partial charge is 0.469 e. The predicted molar refractivity (Wildman–Crippen MR) is 41.1 cm³/mol. The van der Waals surface area contributed by atoms with E-state index in [1.54, 1.807) is 13.8 Å². The van der Waals surface area contributed by atoms with Crippen LogP contribution in [0.15, 0.2) is 0 Å². The van der Waals surface area contributed by atoms with Gasteiger partial charge < -0.3 is 9.53 Å². The Bertz CT molecular complexity index is 149. The maximum atomic E-state index is 11.0. The van der Waals surface area contributed by atoms with E-state index in [4.69, 9.17) is 0 Å². The van der Waals surface area contributed by atoms with E-state index in [1.165, 1.54) is 7.11 Å². The molecule has 0 aromatic carbocycles. The summed E-state index contributed by atoms with van der Waals surface area (Å²) >= 11 is 0. The summed E-state index contributed by atoms with van der Waals surface area (Å²) < 4.78 is 4.56. The Labute approximate surface area is 66.7 Å². The fourth-order valence-electron chi connectivity index (χ4n) is 0.798. The third kappa shape index (κ3) is 3.16. The van der Waals surface area contributed by atoms with Gasteiger partial charge in [0.05, 0.1) is 12.5 Å². The van der Waals surface area contributed by atoms with Crippen LogP contribution in [0, 0.1) is 5.41 Å². The molecule has 0 aliphatic rings. The molecule has 0 saturated carbocycles. The topological polar surface area (TPSA) is 43.4 Å². The Kier molecular flexibility index (Phi) is 3.79. The molecule has 11 heavy (non-hydrogen) atoms. The monoisotopic (exact) mass is 158 g/mol. The van der Waals surface area contributed by atoms with Crippen molar-refractivity contribution in [3.63, 3.8) is 0 Å². The van der Waals surface area contributed by atoms with Crippen LogP contribution in [0.2, 0.25) is 0 Å². The van der Waals surface area contributed by atoms with Crippen LogP contribution in [0.25, 0.3) is 0 Å². The van der Waals surface area contributed by atoms with Crippen molar-refractivity contribution < 1.29 is 14.3 Å². The second-order valence-electron chi connectivity index (χ2n) is 3.08. The van der Waals surface area contributed by atoms with Crippen LogP contribution in [-0.4, -0.2) is 19.4 Å². The van der Waals surface area contributed by atoms with Gasteiger partial charge >= 0.3 is 5.97 Å². The van der Waals surface area contributed by atoms with Crippen LogP contribution in [-0.2, 0) is 14.3 Å². The molecule has 0 saturated heterocycles. The molecule has 0 amide bonds. The first-order valence-corrected chi connectivity index (χ1v) is 3.56. The van der Waals surface area contributed by atoms with E-state index in [0.29, 0.717) is 12.8 Å². The van der Waals surface area contributed by atoms with Crippen molar-refractivity contribution in [3.05, 3.63) is 0 Å². The van der Waals surface area contributed by atoms with Gasteiger partial charge in [-0.1, -0.05) is 0 Å². The number of esters is 1. The van der Waals surface area contributed by atoms with Crippen molar-refractivity contribution in [1.82, 2.24) is 0 Å². The van der Waals surface area contributed by atoms with E-state index in [0.717, 1.165) is 6.29 Å². The molecule has 0 aliphatic heterocycles. The summed E-state index contributed by atoms with van der Waals surface area (Å²) in [6.07, 6.45) is 1.76. The number of aldehydes is 1. The molecule has 64 valence electrons. The van der Waals surface area contributed by atoms with Crippen molar-refractivity contribution in [2.75, 3.05) is 7.11 Å². The van der Waals surface area contributed by atoms with Gasteiger partial charge in [-0.25, -0.2) is 0 Å². The minimum atomic E-state index is -0.532. The van der Waals surface area contributed by atoms with Gasteiger partial charge in [-0.15, -0.1) is 0 Å². The number of rotatable bonds is 4. The molecular weight excluding hydrogens is 144 g/mol. The molecule has 3 nitrogen and oxygen atoms in total. The summed E-state index contributed by atoms with van der Waals surface area (Å²) in [5.41, 5.74) is -0.532. The van der Waals surface area contributed by atoms with Crippen LogP contribution in [0.1, 0.15) is 26.7 Å². The number of hydrogen-bond donors (Lipinski definition) is 0. The highest BCUT2D eigenvalue weighted by molar-refractivity contribution is 5.76. The van der Waals surface area contributed by atoms with Crippen LogP contribution in [0.5, 0.6) is 0 Å². The number of hydrogen-bond acceptors (Lipinski definition) is 3. The van der Waals surface area contributed by atoms with Crippen molar-refractivity contribution in [2.24, 2.45) is 5.41 Å². The normalized spacial score (nSPS) is 10.8. The molecule has 0 aromatic rings. The van der Waals surface area contributed by atoms with Gasteiger partial charge in [0.2, 0.25) is 0 Å². The standard InChI is InChI=1S/C8H14O3/c1-8(2,5-4-6-9)7(10)11-3/h6H,4-5H2,1-3H3. The zero-order chi connectivity index (χ0) is 8.91. The summed E-state index contributed by atoms with van der Waals surface area (Å²) in [4.78, 5) is 21.0. The Morgan fingerprint density at radius 1 is 1.55 bits per heavy atom. The van der Waals surface area contributed by atoms with Crippen LogP contribution < -0.4 is 0 Å². The van der Waals surface area contributed by atoms with Crippen LogP contribution >= 0.6 is 0 Å². The van der Waals surface area contributed by atoms with E-state index in [9.17, 15) is 9.59 Å². The van der Waals surface area contributed by atoms with Crippen molar-refractivity contribution in [3.8, 4) is 0 Å². The highest BCUT2D eigenvalue weighted by Crippen LogP contribution is 2.22. The molecule has 3 heteroatoms. The van der Waals surface area contributed by atoms with Gasteiger partial charge in [0.15, 0.2) is 0 Å². The van der Waals surface area contributed by atoms with Crippen LogP contribution in [0.3, 0.4) is 0 Å². The minimum Gasteiger partial charge on any atom is -0.469 e. The summed E-state index contributed by atoms with van der Waals surface area (Å²) in [5.74, 6) is -0.264. The van der Waals surface area contributed by atoms with Gasteiger partial charge in [0.25, 0.3) is 0 Å². The summed E-state index contributed by atoms with van der Waals surface area (Å²) in [6.45, 7) is 3.53. The SMILES string of the molecule is COC(=O)C(C)(C)CCC=O. The van der Waals surface area contributed by atoms with E-state index in [-0.39, 0.29) is 5.97 Å². The Morgan fingerprint density at radius 2 is 2.09 bits per heavy atom. The Balaban J connectivity index is 3.97. The molecule has 0 bridgehead atoms. The van der Waals surface area contributed by atoms with E-state index >= 15 is 0 Å². The van der Waals surface area contributed by atoms with Gasteiger partial charge in [-0.3, -0.25) is 4.79 Å². The molecule has 0 heterocycles. The lowest BCUT2D eigenvalue weighted by atomic mass is 9.88. The number of carbonyl (C=O) groups excluding carboxylic acids is 2. The quantitative estimate of drug-likeness (QED) is 0.455. The average Bonchev–Trinajstić information content (AvgIpc) is 1.99. The lowest BCUT2D eigenvalue weighted by Crippen LogP contribution is -2.25. The third-order valence-electron chi connectivity index (χ3n) is 1.63. The molecule has 0 atom stereocenters. The fourth-order valence-corrected chi connectivity index (χ4v) is 0.798. The zero-order valence-corrected chi connectivity index (χ0v) is 7.22. The van der Waals surface area contributed by atoms with E-state index in [1.807, 2.05) is 0 Å². The molecule has 0 N–H and O–H groups in total. The first kappa shape index (κ1) is 10.1. The molecule has 0 aliphatic carbocycles. The predicted octanol–water partition coefficient (Wildman–Crippen LogP) is 1.16. The number of ether oxygens (including phenoxy) is 1. The Morgan fingerprint density at radius 3 is 2.45 bits per heavy atom. The summed E-state index contributed by atoms with van der Waals surface area (Å²) in [6, 6.07) is 0. The number of carbonyl (C=O) groups is 2. The molecule has 0 radical (unpaired) electrons. The van der Waals surface area contributed by atoms with Crippen LogP contribution in [0.4, 0.5) is 0 Å². The number of methoxy groups -OCH3 is 1.